The molecule has 160 valence electrons. The minimum Gasteiger partial charge on any atom is -0.505 e. The molecule has 0 unspecified atom stereocenters. The van der Waals surface area contributed by atoms with Gasteiger partial charge in [-0.15, -0.1) is 15.3 Å². The SMILES string of the molecule is O=C(Nc1ccccc1)c1cc2ccccc2c(N=Nc2ccc(-c3nnco3)cc2)c1O. The summed E-state index contributed by atoms with van der Waals surface area (Å²) in [5, 5.41) is 31.3. The smallest absolute Gasteiger partial charge is 0.259 e. The fourth-order valence-electron chi connectivity index (χ4n) is 3.39. The Balaban J connectivity index is 1.50. The van der Waals surface area contributed by atoms with Crippen LogP contribution in [0.5, 0.6) is 5.75 Å². The second kappa shape index (κ2) is 8.72. The highest BCUT2D eigenvalue weighted by atomic mass is 16.4. The number of carbonyl (C=O) groups excluding carboxylic acids is 1. The van der Waals surface area contributed by atoms with Gasteiger partial charge in [0.1, 0.15) is 5.69 Å². The Morgan fingerprint density at radius 2 is 1.67 bits per heavy atom. The van der Waals surface area contributed by atoms with Crippen LogP contribution in [0.15, 0.2) is 106 Å². The van der Waals surface area contributed by atoms with Gasteiger partial charge in [0, 0.05) is 16.6 Å². The van der Waals surface area contributed by atoms with Crippen LogP contribution in [0, 0.1) is 0 Å². The minimum atomic E-state index is -0.440. The molecule has 0 radical (unpaired) electrons. The maximum absolute atomic E-state index is 12.9. The second-order valence-corrected chi connectivity index (χ2v) is 7.15. The van der Waals surface area contributed by atoms with Gasteiger partial charge >= 0.3 is 0 Å². The number of para-hydroxylation sites is 1. The molecular formula is C25H17N5O3. The van der Waals surface area contributed by atoms with Crippen molar-refractivity contribution in [1.82, 2.24) is 10.2 Å². The number of amides is 1. The first kappa shape index (κ1) is 20.1. The molecule has 0 saturated heterocycles. The summed E-state index contributed by atoms with van der Waals surface area (Å²) in [6.45, 7) is 0. The van der Waals surface area contributed by atoms with Crippen molar-refractivity contribution in [1.29, 1.82) is 0 Å². The lowest BCUT2D eigenvalue weighted by molar-refractivity contribution is 0.102. The van der Waals surface area contributed by atoms with Crippen molar-refractivity contribution in [2.75, 3.05) is 5.32 Å². The van der Waals surface area contributed by atoms with E-state index in [1.165, 1.54) is 6.39 Å². The Morgan fingerprint density at radius 1 is 0.909 bits per heavy atom. The number of nitrogens with zero attached hydrogens (tertiary/aromatic N) is 4. The van der Waals surface area contributed by atoms with E-state index in [1.807, 2.05) is 42.5 Å². The fraction of sp³-hybridized carbons (Fsp3) is 0. The Labute approximate surface area is 188 Å². The van der Waals surface area contributed by atoms with Gasteiger partial charge in [0.2, 0.25) is 12.3 Å². The number of aromatic hydroxyl groups is 1. The van der Waals surface area contributed by atoms with Gasteiger partial charge < -0.3 is 14.8 Å². The van der Waals surface area contributed by atoms with E-state index >= 15 is 0 Å². The van der Waals surface area contributed by atoms with Crippen LogP contribution < -0.4 is 5.32 Å². The first-order valence-electron chi connectivity index (χ1n) is 10.1. The molecule has 5 aromatic rings. The number of azo groups is 1. The van der Waals surface area contributed by atoms with Gasteiger partial charge in [-0.05, 0) is 47.9 Å². The number of phenolic OH excluding ortho intramolecular Hbond substituents is 1. The lowest BCUT2D eigenvalue weighted by atomic mass is 10.0. The van der Waals surface area contributed by atoms with Crippen molar-refractivity contribution < 1.29 is 14.3 Å². The molecule has 0 saturated carbocycles. The van der Waals surface area contributed by atoms with Crippen molar-refractivity contribution in [3.8, 4) is 17.2 Å². The second-order valence-electron chi connectivity index (χ2n) is 7.15. The van der Waals surface area contributed by atoms with E-state index in [9.17, 15) is 9.90 Å². The first-order chi connectivity index (χ1) is 16.2. The molecule has 2 N–H and O–H groups in total. The van der Waals surface area contributed by atoms with Gasteiger partial charge in [-0.2, -0.15) is 5.11 Å². The van der Waals surface area contributed by atoms with Crippen LogP contribution >= 0.6 is 0 Å². The molecule has 4 aromatic carbocycles. The normalized spacial score (nSPS) is 11.2. The van der Waals surface area contributed by atoms with Crippen molar-refractivity contribution in [2.24, 2.45) is 10.2 Å². The van der Waals surface area contributed by atoms with Crippen LogP contribution in [0.3, 0.4) is 0 Å². The maximum Gasteiger partial charge on any atom is 0.259 e. The number of benzene rings is 4. The van der Waals surface area contributed by atoms with Crippen LogP contribution in [0.25, 0.3) is 22.2 Å². The van der Waals surface area contributed by atoms with Crippen molar-refractivity contribution in [3.05, 3.63) is 96.9 Å². The molecular weight excluding hydrogens is 418 g/mol. The average Bonchev–Trinajstić information content (AvgIpc) is 3.39. The predicted molar refractivity (Wildman–Crippen MR) is 124 cm³/mol. The summed E-state index contributed by atoms with van der Waals surface area (Å²) in [5.74, 6) is -0.280. The summed E-state index contributed by atoms with van der Waals surface area (Å²) in [5.41, 5.74) is 2.25. The Morgan fingerprint density at radius 3 is 2.42 bits per heavy atom. The number of carbonyl (C=O) groups is 1. The number of hydrogen-bond acceptors (Lipinski definition) is 7. The van der Waals surface area contributed by atoms with Crippen LogP contribution in [0.1, 0.15) is 10.4 Å². The minimum absolute atomic E-state index is 0.109. The Hall–Kier alpha value is -4.85. The van der Waals surface area contributed by atoms with Gasteiger partial charge in [0.15, 0.2) is 5.75 Å². The summed E-state index contributed by atoms with van der Waals surface area (Å²) in [6, 6.07) is 25.1. The highest BCUT2D eigenvalue weighted by molar-refractivity contribution is 6.11. The molecule has 0 atom stereocenters. The van der Waals surface area contributed by atoms with Gasteiger partial charge in [-0.3, -0.25) is 4.79 Å². The molecule has 1 aromatic heterocycles. The summed E-state index contributed by atoms with van der Waals surface area (Å²) in [6.07, 6.45) is 1.26. The molecule has 8 nitrogen and oxygen atoms in total. The Bertz CT molecular complexity index is 1450. The van der Waals surface area contributed by atoms with Crippen LogP contribution in [-0.2, 0) is 0 Å². The zero-order chi connectivity index (χ0) is 22.6. The molecule has 0 aliphatic rings. The third-order valence-electron chi connectivity index (χ3n) is 5.01. The monoisotopic (exact) mass is 435 g/mol. The van der Waals surface area contributed by atoms with Crippen molar-refractivity contribution >= 4 is 33.7 Å². The van der Waals surface area contributed by atoms with Gasteiger partial charge in [-0.1, -0.05) is 42.5 Å². The van der Waals surface area contributed by atoms with E-state index in [-0.39, 0.29) is 17.0 Å². The molecule has 0 spiro atoms. The van der Waals surface area contributed by atoms with Crippen molar-refractivity contribution in [2.45, 2.75) is 0 Å². The van der Waals surface area contributed by atoms with Gasteiger partial charge in [0.25, 0.3) is 5.91 Å². The molecule has 8 heteroatoms. The molecule has 33 heavy (non-hydrogen) atoms. The highest BCUT2D eigenvalue weighted by Crippen LogP contribution is 2.39. The maximum atomic E-state index is 12.9. The summed E-state index contributed by atoms with van der Waals surface area (Å²) in [4.78, 5) is 12.9. The standard InChI is InChI=1S/C25H17N5O3/c31-23-21(24(32)27-18-7-2-1-3-8-18)14-17-6-4-5-9-20(17)22(23)29-28-19-12-10-16(11-13-19)25-30-26-15-33-25/h1-15,31H,(H,27,32). The number of anilines is 1. The molecule has 1 heterocycles. The number of fused-ring (bicyclic) bond motifs is 1. The lowest BCUT2D eigenvalue weighted by Gasteiger charge is -2.11. The molecule has 0 aliphatic heterocycles. The van der Waals surface area contributed by atoms with Crippen LogP contribution in [-0.4, -0.2) is 21.2 Å². The largest absolute Gasteiger partial charge is 0.505 e. The third-order valence-corrected chi connectivity index (χ3v) is 5.01. The predicted octanol–water partition coefficient (Wildman–Crippen LogP) is 6.26. The quantitative estimate of drug-likeness (QED) is 0.316. The lowest BCUT2D eigenvalue weighted by Crippen LogP contribution is -2.12. The zero-order valence-corrected chi connectivity index (χ0v) is 17.2. The average molecular weight is 435 g/mol. The summed E-state index contributed by atoms with van der Waals surface area (Å²) >= 11 is 0. The Kier molecular flexibility index (Phi) is 5.30. The number of phenols is 1. The molecule has 5 rings (SSSR count). The molecule has 0 bridgehead atoms. The molecule has 0 fully saturated rings. The first-order valence-corrected chi connectivity index (χ1v) is 10.1. The van der Waals surface area contributed by atoms with E-state index in [0.717, 1.165) is 10.9 Å². The van der Waals surface area contributed by atoms with E-state index in [0.29, 0.717) is 22.7 Å². The molecule has 0 aliphatic carbocycles. The number of hydrogen-bond donors (Lipinski definition) is 2. The molecule has 1 amide bonds. The third kappa shape index (κ3) is 4.17. The van der Waals surface area contributed by atoms with Crippen molar-refractivity contribution in [3.63, 3.8) is 0 Å². The summed E-state index contributed by atoms with van der Waals surface area (Å²) in [7, 11) is 0. The topological polar surface area (TPSA) is 113 Å². The van der Waals surface area contributed by atoms with E-state index in [2.05, 4.69) is 25.7 Å². The van der Waals surface area contributed by atoms with E-state index in [1.54, 1.807) is 42.5 Å². The number of aromatic nitrogens is 2. The van der Waals surface area contributed by atoms with E-state index < -0.39 is 5.91 Å². The van der Waals surface area contributed by atoms with E-state index in [4.69, 9.17) is 4.42 Å². The van der Waals surface area contributed by atoms with Gasteiger partial charge in [-0.25, -0.2) is 0 Å². The van der Waals surface area contributed by atoms with Gasteiger partial charge in [0.05, 0.1) is 11.3 Å². The van der Waals surface area contributed by atoms with Crippen LogP contribution in [0.4, 0.5) is 17.1 Å². The highest BCUT2D eigenvalue weighted by Gasteiger charge is 2.18. The number of nitrogens with one attached hydrogen (secondary N) is 1. The van der Waals surface area contributed by atoms with Crippen LogP contribution in [0.2, 0.25) is 0 Å². The summed E-state index contributed by atoms with van der Waals surface area (Å²) < 4.78 is 5.18. The zero-order valence-electron chi connectivity index (χ0n) is 17.2. The number of rotatable bonds is 5. The fourth-order valence-corrected chi connectivity index (χ4v) is 3.39.